The van der Waals surface area contributed by atoms with Crippen LogP contribution in [0.15, 0.2) is 158 Å². The Kier molecular flexibility index (Phi) is 5.16. The van der Waals surface area contributed by atoms with Gasteiger partial charge in [0.05, 0.1) is 16.4 Å². The van der Waals surface area contributed by atoms with Crippen molar-refractivity contribution in [2.45, 2.75) is 12.3 Å². The maximum atomic E-state index is 3.96. The lowest BCUT2D eigenvalue weighted by molar-refractivity contribution is 0.773. The summed E-state index contributed by atoms with van der Waals surface area (Å²) in [5, 5.41) is 6.51. The van der Waals surface area contributed by atoms with Gasteiger partial charge in [-0.3, -0.25) is 0 Å². The quantitative estimate of drug-likeness (QED) is 0.202. The molecule has 1 aromatic heterocycles. The van der Waals surface area contributed by atoms with Crippen LogP contribution in [-0.2, 0) is 5.41 Å². The Morgan fingerprint density at radius 3 is 1.83 bits per heavy atom. The van der Waals surface area contributed by atoms with Crippen molar-refractivity contribution in [1.82, 2.24) is 4.57 Å². The van der Waals surface area contributed by atoms with Gasteiger partial charge >= 0.3 is 0 Å². The molecule has 2 heterocycles. The molecule has 10 rings (SSSR count). The Balaban J connectivity index is 1.48. The third kappa shape index (κ3) is 3.25. The van der Waals surface area contributed by atoms with Crippen LogP contribution in [0.3, 0.4) is 0 Å². The minimum atomic E-state index is -0.521. The summed E-state index contributed by atoms with van der Waals surface area (Å²) in [6.07, 6.45) is 0. The minimum Gasteiger partial charge on any atom is -0.355 e. The van der Waals surface area contributed by atoms with E-state index in [1.807, 2.05) is 0 Å². The fourth-order valence-electron chi connectivity index (χ4n) is 8.41. The Hall–Kier alpha value is -5.86. The molecule has 8 aromatic rings. The van der Waals surface area contributed by atoms with Gasteiger partial charge in [0.25, 0.3) is 0 Å². The zero-order chi connectivity index (χ0) is 30.4. The fourth-order valence-corrected chi connectivity index (χ4v) is 8.41. The van der Waals surface area contributed by atoms with Crippen molar-refractivity contribution in [3.63, 3.8) is 0 Å². The first-order chi connectivity index (χ1) is 22.7. The third-order valence-corrected chi connectivity index (χ3v) is 10.2. The number of aromatic nitrogens is 1. The predicted molar refractivity (Wildman–Crippen MR) is 192 cm³/mol. The topological polar surface area (TPSA) is 17.0 Å². The lowest BCUT2D eigenvalue weighted by Gasteiger charge is -2.35. The van der Waals surface area contributed by atoms with Crippen molar-refractivity contribution in [1.29, 1.82) is 0 Å². The van der Waals surface area contributed by atoms with E-state index >= 15 is 0 Å². The average Bonchev–Trinajstić information content (AvgIpc) is 3.60. The van der Waals surface area contributed by atoms with Gasteiger partial charge in [-0.2, -0.15) is 0 Å². The SMILES string of the molecule is Cc1ccc2c(c1)c1cc3cc(c1n2-c1ccccc1)-c1ccccc1Nc1ccccc1C31c2ccccc2-c2ccccc21. The van der Waals surface area contributed by atoms with Crippen molar-refractivity contribution >= 4 is 33.2 Å². The summed E-state index contributed by atoms with van der Waals surface area (Å²) in [5.74, 6) is 0. The molecule has 216 valence electrons. The van der Waals surface area contributed by atoms with Gasteiger partial charge in [0.2, 0.25) is 0 Å². The van der Waals surface area contributed by atoms with Crippen molar-refractivity contribution in [3.8, 4) is 27.9 Å². The Labute approximate surface area is 268 Å². The van der Waals surface area contributed by atoms with Crippen molar-refractivity contribution < 1.29 is 0 Å². The summed E-state index contributed by atoms with van der Waals surface area (Å²) in [7, 11) is 0. The van der Waals surface area contributed by atoms with E-state index in [9.17, 15) is 0 Å². The first-order valence-electron chi connectivity index (χ1n) is 16.0. The predicted octanol–water partition coefficient (Wildman–Crippen LogP) is 11.2. The molecular weight excluding hydrogens is 556 g/mol. The van der Waals surface area contributed by atoms with Gasteiger partial charge in [0.1, 0.15) is 0 Å². The van der Waals surface area contributed by atoms with Crippen LogP contribution >= 0.6 is 0 Å². The molecule has 2 bridgehead atoms. The molecule has 0 atom stereocenters. The number of hydrogen-bond donors (Lipinski definition) is 1. The lowest BCUT2D eigenvalue weighted by Crippen LogP contribution is -2.29. The standard InChI is InChI=1S/C44H30N2/c1-28-23-24-42-34(25-28)36-27-29-26-35(43(36)46(42)30-13-3-2-4-14-30)33-17-7-11-21-40(33)45-41-22-12-10-20-39(41)44(29)37-18-8-5-15-31(37)32-16-6-9-19-38(32)44/h2-27,45H,1H3. The number of nitrogens with one attached hydrogen (secondary N) is 1. The van der Waals surface area contributed by atoms with Crippen molar-refractivity contribution in [3.05, 3.63) is 186 Å². The van der Waals surface area contributed by atoms with E-state index in [1.165, 1.54) is 71.9 Å². The van der Waals surface area contributed by atoms with Gasteiger partial charge in [-0.15, -0.1) is 0 Å². The molecule has 0 saturated heterocycles. The summed E-state index contributed by atoms with van der Waals surface area (Å²) in [5.41, 5.74) is 16.8. The molecule has 1 spiro atoms. The van der Waals surface area contributed by atoms with E-state index in [1.54, 1.807) is 0 Å². The van der Waals surface area contributed by atoms with Crippen LogP contribution in [0.25, 0.3) is 49.7 Å². The largest absolute Gasteiger partial charge is 0.355 e. The van der Waals surface area contributed by atoms with Gasteiger partial charge in [0, 0.05) is 39.0 Å². The normalized spacial score (nSPS) is 13.7. The van der Waals surface area contributed by atoms with Crippen LogP contribution in [0.5, 0.6) is 0 Å². The van der Waals surface area contributed by atoms with Crippen LogP contribution in [-0.4, -0.2) is 4.57 Å². The molecule has 0 amide bonds. The van der Waals surface area contributed by atoms with E-state index in [0.29, 0.717) is 0 Å². The first-order valence-corrected chi connectivity index (χ1v) is 16.0. The molecule has 1 aliphatic carbocycles. The maximum absolute atomic E-state index is 3.96. The van der Waals surface area contributed by atoms with E-state index in [-0.39, 0.29) is 0 Å². The summed E-state index contributed by atoms with van der Waals surface area (Å²) in [4.78, 5) is 0. The highest BCUT2D eigenvalue weighted by Gasteiger charge is 2.48. The first kappa shape index (κ1) is 25.5. The van der Waals surface area contributed by atoms with Crippen molar-refractivity contribution in [2.24, 2.45) is 0 Å². The van der Waals surface area contributed by atoms with Gasteiger partial charge in [-0.25, -0.2) is 0 Å². The average molecular weight is 587 g/mol. The second kappa shape index (κ2) is 9.32. The summed E-state index contributed by atoms with van der Waals surface area (Å²) in [6.45, 7) is 2.20. The van der Waals surface area contributed by atoms with E-state index in [2.05, 4.69) is 175 Å². The monoisotopic (exact) mass is 586 g/mol. The smallest absolute Gasteiger partial charge is 0.0734 e. The summed E-state index contributed by atoms with van der Waals surface area (Å²) >= 11 is 0. The lowest BCUT2D eigenvalue weighted by atomic mass is 9.66. The van der Waals surface area contributed by atoms with Gasteiger partial charge in [-0.1, -0.05) is 115 Å². The molecule has 0 unspecified atom stereocenters. The number of para-hydroxylation sites is 3. The van der Waals surface area contributed by atoms with Crippen LogP contribution in [0.4, 0.5) is 11.4 Å². The van der Waals surface area contributed by atoms with Crippen LogP contribution in [0, 0.1) is 6.92 Å². The number of hydrogen-bond acceptors (Lipinski definition) is 1. The maximum Gasteiger partial charge on any atom is 0.0734 e. The van der Waals surface area contributed by atoms with Crippen LogP contribution in [0.2, 0.25) is 0 Å². The highest BCUT2D eigenvalue weighted by molar-refractivity contribution is 6.15. The Bertz CT molecular complexity index is 2470. The number of fused-ring (bicyclic) bond motifs is 16. The molecule has 2 aliphatic rings. The highest BCUT2D eigenvalue weighted by atomic mass is 15.0. The van der Waals surface area contributed by atoms with E-state index in [4.69, 9.17) is 0 Å². The van der Waals surface area contributed by atoms with Gasteiger partial charge in [-0.05, 0) is 88.8 Å². The molecule has 1 aliphatic heterocycles. The molecule has 0 radical (unpaired) electrons. The van der Waals surface area contributed by atoms with Crippen LogP contribution in [0.1, 0.15) is 27.8 Å². The zero-order valence-electron chi connectivity index (χ0n) is 25.5. The minimum absolute atomic E-state index is 0.521. The molecule has 7 aromatic carbocycles. The molecule has 2 heteroatoms. The molecule has 46 heavy (non-hydrogen) atoms. The zero-order valence-corrected chi connectivity index (χ0v) is 25.5. The van der Waals surface area contributed by atoms with E-state index < -0.39 is 5.41 Å². The summed E-state index contributed by atoms with van der Waals surface area (Å²) in [6, 6.07) is 58.5. The van der Waals surface area contributed by atoms with E-state index in [0.717, 1.165) is 17.1 Å². The van der Waals surface area contributed by atoms with Gasteiger partial charge in [0.15, 0.2) is 0 Å². The third-order valence-electron chi connectivity index (χ3n) is 10.2. The fraction of sp³-hybridized carbons (Fsp3) is 0.0455. The molecule has 0 saturated carbocycles. The molecular formula is C44H30N2. The Morgan fingerprint density at radius 2 is 1.09 bits per heavy atom. The molecule has 0 fully saturated rings. The number of aryl methyl sites for hydroxylation is 1. The number of benzene rings is 7. The molecule has 1 N–H and O–H groups in total. The second-order valence-electron chi connectivity index (χ2n) is 12.7. The van der Waals surface area contributed by atoms with Crippen LogP contribution < -0.4 is 5.32 Å². The number of anilines is 2. The second-order valence-corrected chi connectivity index (χ2v) is 12.7. The number of nitrogens with zero attached hydrogens (tertiary/aromatic N) is 1. The highest BCUT2D eigenvalue weighted by Crippen LogP contribution is 2.59. The Morgan fingerprint density at radius 1 is 0.478 bits per heavy atom. The number of rotatable bonds is 1. The summed E-state index contributed by atoms with van der Waals surface area (Å²) < 4.78 is 2.47. The molecule has 2 nitrogen and oxygen atoms in total. The van der Waals surface area contributed by atoms with Gasteiger partial charge < -0.3 is 9.88 Å². The van der Waals surface area contributed by atoms with Crippen molar-refractivity contribution in [2.75, 3.05) is 5.32 Å².